The Kier molecular flexibility index (Phi) is 5.04. The first kappa shape index (κ1) is 18.7. The number of hydrogen-bond acceptors (Lipinski definition) is 5. The normalized spacial score (nSPS) is 13.9. The summed E-state index contributed by atoms with van der Waals surface area (Å²) in [4.78, 5) is 18.1. The molecule has 1 N–H and O–H groups in total. The zero-order valence-corrected chi connectivity index (χ0v) is 16.0. The molecule has 0 atom stereocenters. The summed E-state index contributed by atoms with van der Waals surface area (Å²) >= 11 is 0. The first-order valence-electron chi connectivity index (χ1n) is 9.06. The van der Waals surface area contributed by atoms with Crippen LogP contribution in [0.4, 0.5) is 5.95 Å². The first-order chi connectivity index (χ1) is 12.9. The summed E-state index contributed by atoms with van der Waals surface area (Å²) < 4.78 is 7.09. The number of nitriles is 1. The van der Waals surface area contributed by atoms with E-state index in [9.17, 15) is 4.79 Å². The van der Waals surface area contributed by atoms with E-state index in [0.29, 0.717) is 36.9 Å². The fourth-order valence-electron chi connectivity index (χ4n) is 3.67. The van der Waals surface area contributed by atoms with Gasteiger partial charge in [-0.1, -0.05) is 19.9 Å². The predicted octanol–water partition coefficient (Wildman–Crippen LogP) is 3.26. The average molecular weight is 364 g/mol. The lowest BCUT2D eigenvalue weighted by Crippen LogP contribution is -2.38. The van der Waals surface area contributed by atoms with E-state index in [-0.39, 0.29) is 17.6 Å². The molecule has 0 bridgehead atoms. The van der Waals surface area contributed by atoms with Gasteiger partial charge in [-0.15, -0.1) is 6.58 Å². The van der Waals surface area contributed by atoms with Gasteiger partial charge < -0.3 is 10.1 Å². The van der Waals surface area contributed by atoms with Crippen molar-refractivity contribution in [1.29, 1.82) is 5.26 Å². The van der Waals surface area contributed by atoms with Crippen molar-refractivity contribution in [2.24, 2.45) is 0 Å². The van der Waals surface area contributed by atoms with Crippen molar-refractivity contribution in [3.63, 3.8) is 0 Å². The second-order valence-electron chi connectivity index (χ2n) is 7.22. The minimum Gasteiger partial charge on any atom is -0.479 e. The summed E-state index contributed by atoms with van der Waals surface area (Å²) in [6, 6.07) is 7.67. The smallest absolute Gasteiger partial charge is 0.259 e. The first-order valence-corrected chi connectivity index (χ1v) is 9.06. The number of benzene rings is 1. The number of ether oxygens (including phenoxy) is 1. The topological polar surface area (TPSA) is 79.9 Å². The maximum atomic E-state index is 13.3. The number of anilines is 1. The molecule has 1 aromatic carbocycles. The van der Waals surface area contributed by atoms with Crippen LogP contribution in [0.3, 0.4) is 0 Å². The molecule has 6 heteroatoms. The Morgan fingerprint density at radius 2 is 2.26 bits per heavy atom. The van der Waals surface area contributed by atoms with Gasteiger partial charge in [-0.2, -0.15) is 5.26 Å². The van der Waals surface area contributed by atoms with Crippen LogP contribution >= 0.6 is 0 Å². The highest BCUT2D eigenvalue weighted by molar-refractivity contribution is 5.73. The number of nitrogens with one attached hydrogen (secondary N) is 1. The summed E-state index contributed by atoms with van der Waals surface area (Å²) in [7, 11) is 0. The maximum absolute atomic E-state index is 13.3. The quantitative estimate of drug-likeness (QED) is 0.796. The summed E-state index contributed by atoms with van der Waals surface area (Å²) in [5, 5.41) is 11.9. The van der Waals surface area contributed by atoms with E-state index in [1.807, 2.05) is 31.2 Å². The Hall–Kier alpha value is -3.07. The molecule has 1 heterocycles. The van der Waals surface area contributed by atoms with Gasteiger partial charge in [0.25, 0.3) is 5.56 Å². The lowest BCUT2D eigenvalue weighted by molar-refractivity contribution is 0.367. The molecule has 0 radical (unpaired) electrons. The molecule has 27 heavy (non-hydrogen) atoms. The lowest BCUT2D eigenvalue weighted by atomic mass is 9.72. The lowest BCUT2D eigenvalue weighted by Gasteiger charge is -2.33. The number of allylic oxidation sites excluding steroid dienone is 1. The minimum atomic E-state index is -0.367. The van der Waals surface area contributed by atoms with Gasteiger partial charge >= 0.3 is 0 Å². The van der Waals surface area contributed by atoms with Gasteiger partial charge in [0, 0.05) is 29.6 Å². The number of nitrogens with zero attached hydrogens (tertiary/aromatic N) is 3. The Morgan fingerprint density at radius 3 is 2.93 bits per heavy atom. The van der Waals surface area contributed by atoms with Gasteiger partial charge in [-0.3, -0.25) is 9.36 Å². The Morgan fingerprint density at radius 1 is 1.48 bits per heavy atom. The average Bonchev–Trinajstić information content (AvgIpc) is 2.62. The molecule has 0 aliphatic heterocycles. The molecule has 0 unspecified atom stereocenters. The van der Waals surface area contributed by atoms with Gasteiger partial charge in [0.15, 0.2) is 6.61 Å². The minimum absolute atomic E-state index is 0.00778. The molecule has 1 aliphatic rings. The Labute approximate surface area is 159 Å². The van der Waals surface area contributed by atoms with Crippen LogP contribution in [-0.4, -0.2) is 22.7 Å². The van der Waals surface area contributed by atoms with Crippen molar-refractivity contribution in [2.75, 3.05) is 18.5 Å². The molecule has 0 saturated carbocycles. The van der Waals surface area contributed by atoms with E-state index in [2.05, 4.69) is 25.7 Å². The number of aromatic nitrogens is 2. The van der Waals surface area contributed by atoms with Crippen molar-refractivity contribution in [1.82, 2.24) is 9.55 Å². The zero-order valence-electron chi connectivity index (χ0n) is 16.0. The molecule has 1 aromatic heterocycles. The Balaban J connectivity index is 2.24. The van der Waals surface area contributed by atoms with E-state index in [1.165, 1.54) is 0 Å². The molecular weight excluding hydrogens is 340 g/mol. The highest BCUT2D eigenvalue weighted by atomic mass is 16.5. The van der Waals surface area contributed by atoms with Crippen molar-refractivity contribution < 1.29 is 4.74 Å². The highest BCUT2D eigenvalue weighted by Crippen LogP contribution is 2.42. The number of rotatable bonds is 6. The second kappa shape index (κ2) is 7.28. The molecular formula is C21H24N4O2. The standard InChI is InChI=1S/C21H24N4O2/c1-5-10-25-19(26)17-18(24-20(25)23-6-2)16-8-7-15(27-11-9-22)12-14(16)13-21(17,3)4/h5,7-8,12H,1,6,10-11,13H2,2-4H3,(H,23,24). The summed E-state index contributed by atoms with van der Waals surface area (Å²) in [6.07, 6.45) is 2.41. The molecule has 2 aromatic rings. The fourth-order valence-corrected chi connectivity index (χ4v) is 3.67. The van der Waals surface area contributed by atoms with Crippen LogP contribution in [0.15, 0.2) is 35.6 Å². The van der Waals surface area contributed by atoms with Gasteiger partial charge in [0.1, 0.15) is 11.8 Å². The summed E-state index contributed by atoms with van der Waals surface area (Å²) in [5.74, 6) is 1.20. The molecule has 0 spiro atoms. The van der Waals surface area contributed by atoms with E-state index < -0.39 is 0 Å². The van der Waals surface area contributed by atoms with Crippen LogP contribution in [0, 0.1) is 11.3 Å². The number of hydrogen-bond donors (Lipinski definition) is 1. The molecule has 0 saturated heterocycles. The molecule has 0 fully saturated rings. The van der Waals surface area contributed by atoms with Crippen LogP contribution in [0.25, 0.3) is 11.3 Å². The van der Waals surface area contributed by atoms with Gasteiger partial charge in [0.2, 0.25) is 5.95 Å². The van der Waals surface area contributed by atoms with Crippen LogP contribution in [0.1, 0.15) is 31.9 Å². The third-order valence-electron chi connectivity index (χ3n) is 4.76. The summed E-state index contributed by atoms with van der Waals surface area (Å²) in [5.41, 5.74) is 3.05. The third-order valence-corrected chi connectivity index (χ3v) is 4.76. The van der Waals surface area contributed by atoms with E-state index in [4.69, 9.17) is 15.0 Å². The van der Waals surface area contributed by atoms with Crippen LogP contribution in [0.5, 0.6) is 5.75 Å². The third kappa shape index (κ3) is 3.33. The molecule has 6 nitrogen and oxygen atoms in total. The van der Waals surface area contributed by atoms with Gasteiger partial charge in [-0.05, 0) is 37.1 Å². The Bertz CT molecular complexity index is 983. The van der Waals surface area contributed by atoms with E-state index in [1.54, 1.807) is 10.6 Å². The second-order valence-corrected chi connectivity index (χ2v) is 7.22. The SMILES string of the molecule is C=CCn1c(NCC)nc2c(c1=O)C(C)(C)Cc1cc(OCC#N)ccc1-2. The van der Waals surface area contributed by atoms with Gasteiger partial charge in [0.05, 0.1) is 5.69 Å². The monoisotopic (exact) mass is 364 g/mol. The van der Waals surface area contributed by atoms with Crippen LogP contribution in [-0.2, 0) is 18.4 Å². The zero-order chi connectivity index (χ0) is 19.6. The summed E-state index contributed by atoms with van der Waals surface area (Å²) in [6.45, 7) is 10.9. The van der Waals surface area contributed by atoms with Gasteiger partial charge in [-0.25, -0.2) is 4.98 Å². The van der Waals surface area contributed by atoms with E-state index >= 15 is 0 Å². The van der Waals surface area contributed by atoms with Crippen LogP contribution in [0.2, 0.25) is 0 Å². The van der Waals surface area contributed by atoms with Crippen LogP contribution < -0.4 is 15.6 Å². The predicted molar refractivity (Wildman–Crippen MR) is 106 cm³/mol. The van der Waals surface area contributed by atoms with Crippen molar-refractivity contribution in [2.45, 2.75) is 39.2 Å². The molecule has 0 amide bonds. The van der Waals surface area contributed by atoms with Crippen molar-refractivity contribution in [3.05, 3.63) is 52.3 Å². The highest BCUT2D eigenvalue weighted by Gasteiger charge is 2.36. The maximum Gasteiger partial charge on any atom is 0.259 e. The number of fused-ring (bicyclic) bond motifs is 3. The van der Waals surface area contributed by atoms with E-state index in [0.717, 1.165) is 16.7 Å². The fraction of sp³-hybridized carbons (Fsp3) is 0.381. The van der Waals surface area contributed by atoms with Crippen molar-refractivity contribution >= 4 is 5.95 Å². The molecule has 3 rings (SSSR count). The van der Waals surface area contributed by atoms with Crippen molar-refractivity contribution in [3.8, 4) is 23.1 Å². The molecule has 140 valence electrons. The largest absolute Gasteiger partial charge is 0.479 e. The molecule has 1 aliphatic carbocycles.